The molecule has 0 saturated heterocycles. The lowest BCUT2D eigenvalue weighted by molar-refractivity contribution is -0.138. The first-order valence-electron chi connectivity index (χ1n) is 13.0. The molecule has 14 heteroatoms. The number of hydrogen-bond donors (Lipinski definition) is 2. The first-order valence-corrected chi connectivity index (χ1v) is 13.0. The number of carboxylic acid groups (broad SMARTS) is 1. The molecule has 0 spiro atoms. The first-order chi connectivity index (χ1) is 19.8. The molecule has 2 heterocycles. The number of hydrogen-bond acceptors (Lipinski definition) is 6. The SMILES string of the molecule is COc1ccc(C(F)(F)F)cc1-c1nc2nc(C(=O)O)nc(NC(C)C3CCC3)c2n1Cc1ccc(C(F)(F)F)cc1. The van der Waals surface area contributed by atoms with Crippen LogP contribution < -0.4 is 10.1 Å². The van der Waals surface area contributed by atoms with Gasteiger partial charge in [0.15, 0.2) is 11.5 Å². The van der Waals surface area contributed by atoms with Gasteiger partial charge in [0.2, 0.25) is 5.82 Å². The summed E-state index contributed by atoms with van der Waals surface area (Å²) in [4.78, 5) is 24.6. The van der Waals surface area contributed by atoms with Crippen LogP contribution in [0.15, 0.2) is 42.5 Å². The quantitative estimate of drug-likeness (QED) is 0.215. The van der Waals surface area contributed by atoms with Crippen LogP contribution >= 0.6 is 0 Å². The van der Waals surface area contributed by atoms with Gasteiger partial charge >= 0.3 is 18.3 Å². The number of methoxy groups -OCH3 is 1. The Kier molecular flexibility index (Phi) is 7.50. The van der Waals surface area contributed by atoms with E-state index in [1.807, 2.05) is 6.92 Å². The highest BCUT2D eigenvalue weighted by atomic mass is 19.4. The highest BCUT2D eigenvalue weighted by Crippen LogP contribution is 2.40. The topological polar surface area (TPSA) is 102 Å². The number of aromatic carboxylic acids is 1. The molecule has 5 rings (SSSR count). The van der Waals surface area contributed by atoms with Gasteiger partial charge in [0, 0.05) is 12.6 Å². The number of nitrogens with one attached hydrogen (secondary N) is 1. The fourth-order valence-electron chi connectivity index (χ4n) is 4.91. The minimum atomic E-state index is -4.70. The van der Waals surface area contributed by atoms with Crippen molar-refractivity contribution in [1.29, 1.82) is 0 Å². The van der Waals surface area contributed by atoms with Crippen molar-refractivity contribution in [2.75, 3.05) is 12.4 Å². The molecule has 1 aliphatic rings. The molecule has 0 aliphatic heterocycles. The van der Waals surface area contributed by atoms with Crippen LogP contribution in [-0.4, -0.2) is 43.7 Å². The first kappa shape index (κ1) is 29.1. The molecule has 4 aromatic rings. The van der Waals surface area contributed by atoms with E-state index in [-0.39, 0.29) is 52.6 Å². The Balaban J connectivity index is 1.75. The Morgan fingerprint density at radius 1 is 1.02 bits per heavy atom. The predicted octanol–water partition coefficient (Wildman–Crippen LogP) is 6.89. The molecular formula is C28H25F6N5O3. The third-order valence-electron chi connectivity index (χ3n) is 7.41. The summed E-state index contributed by atoms with van der Waals surface area (Å²) in [5.74, 6) is -1.66. The summed E-state index contributed by atoms with van der Waals surface area (Å²) in [5.41, 5.74) is -1.50. The number of ether oxygens (including phenoxy) is 1. The Labute approximate surface area is 235 Å². The minimum absolute atomic E-state index is 0.0377. The number of nitrogens with zero attached hydrogens (tertiary/aromatic N) is 4. The van der Waals surface area contributed by atoms with Crippen LogP contribution in [0.2, 0.25) is 0 Å². The number of halogens is 6. The zero-order chi connectivity index (χ0) is 30.4. The summed E-state index contributed by atoms with van der Waals surface area (Å²) in [5, 5.41) is 12.9. The van der Waals surface area contributed by atoms with Gasteiger partial charge in [-0.1, -0.05) is 18.6 Å². The average molecular weight is 594 g/mol. The van der Waals surface area contributed by atoms with E-state index in [1.165, 1.54) is 23.8 Å². The molecule has 1 fully saturated rings. The summed E-state index contributed by atoms with van der Waals surface area (Å²) >= 11 is 0. The van der Waals surface area contributed by atoms with Gasteiger partial charge in [0.05, 0.1) is 23.8 Å². The highest BCUT2D eigenvalue weighted by molar-refractivity contribution is 5.92. The van der Waals surface area contributed by atoms with E-state index in [2.05, 4.69) is 20.3 Å². The van der Waals surface area contributed by atoms with Crippen molar-refractivity contribution >= 4 is 23.0 Å². The zero-order valence-electron chi connectivity index (χ0n) is 22.3. The standard InChI is InChI=1S/C28H25F6N5O3/c1-14(16-4-3-5-16)35-22-21-23(37-24(36-22)26(40)41)38-25(19-12-18(28(32,33)34)10-11-20(19)42-2)39(21)13-15-6-8-17(9-7-15)27(29,30)31/h6-12,14,16H,3-5,13H2,1-2H3,(H,40,41)(H,35,36,37). The van der Waals surface area contributed by atoms with Crippen molar-refractivity contribution < 1.29 is 41.0 Å². The maximum absolute atomic E-state index is 13.7. The zero-order valence-corrected chi connectivity index (χ0v) is 22.3. The largest absolute Gasteiger partial charge is 0.496 e. The van der Waals surface area contributed by atoms with Crippen molar-refractivity contribution in [2.45, 2.75) is 51.1 Å². The molecule has 1 unspecified atom stereocenters. The molecule has 2 aromatic carbocycles. The Morgan fingerprint density at radius 3 is 2.21 bits per heavy atom. The van der Waals surface area contributed by atoms with Gasteiger partial charge in [-0.3, -0.25) is 0 Å². The van der Waals surface area contributed by atoms with Gasteiger partial charge in [-0.15, -0.1) is 0 Å². The van der Waals surface area contributed by atoms with Gasteiger partial charge in [0.1, 0.15) is 17.1 Å². The van der Waals surface area contributed by atoms with E-state index in [1.54, 1.807) is 0 Å². The van der Waals surface area contributed by atoms with Gasteiger partial charge in [0.25, 0.3) is 0 Å². The molecule has 8 nitrogen and oxygen atoms in total. The van der Waals surface area contributed by atoms with Crippen LogP contribution in [-0.2, 0) is 18.9 Å². The Morgan fingerprint density at radius 2 is 1.67 bits per heavy atom. The van der Waals surface area contributed by atoms with E-state index in [4.69, 9.17) is 4.74 Å². The third kappa shape index (κ3) is 5.70. The minimum Gasteiger partial charge on any atom is -0.496 e. The summed E-state index contributed by atoms with van der Waals surface area (Å²) in [6.45, 7) is 1.76. The van der Waals surface area contributed by atoms with Gasteiger partial charge in [-0.2, -0.15) is 26.3 Å². The summed E-state index contributed by atoms with van der Waals surface area (Å²) in [6.07, 6.45) is -6.32. The Bertz CT molecular complexity index is 1630. The maximum atomic E-state index is 13.7. The molecule has 0 bridgehead atoms. The summed E-state index contributed by atoms with van der Waals surface area (Å²) < 4.78 is 87.5. The number of alkyl halides is 6. The van der Waals surface area contributed by atoms with E-state index in [0.717, 1.165) is 49.6 Å². The summed E-state index contributed by atoms with van der Waals surface area (Å²) in [7, 11) is 1.27. The number of anilines is 1. The number of benzene rings is 2. The molecule has 42 heavy (non-hydrogen) atoms. The number of rotatable bonds is 8. The van der Waals surface area contributed by atoms with Crippen LogP contribution in [0.4, 0.5) is 32.2 Å². The maximum Gasteiger partial charge on any atom is 0.416 e. The van der Waals surface area contributed by atoms with Gasteiger partial charge in [-0.25, -0.2) is 19.7 Å². The lowest BCUT2D eigenvalue weighted by Gasteiger charge is -2.32. The number of fused-ring (bicyclic) bond motifs is 1. The molecule has 0 radical (unpaired) electrons. The molecule has 1 aliphatic carbocycles. The normalized spacial score (nSPS) is 15.0. The highest BCUT2D eigenvalue weighted by Gasteiger charge is 2.33. The molecular weight excluding hydrogens is 568 g/mol. The van der Waals surface area contributed by atoms with Gasteiger partial charge < -0.3 is 19.7 Å². The fraction of sp³-hybridized carbons (Fsp3) is 0.357. The van der Waals surface area contributed by atoms with Crippen molar-refractivity contribution in [3.63, 3.8) is 0 Å². The van der Waals surface area contributed by atoms with E-state index in [0.29, 0.717) is 5.56 Å². The molecule has 222 valence electrons. The van der Waals surface area contributed by atoms with Crippen LogP contribution in [0.25, 0.3) is 22.6 Å². The van der Waals surface area contributed by atoms with Crippen molar-refractivity contribution in [1.82, 2.24) is 19.5 Å². The third-order valence-corrected chi connectivity index (χ3v) is 7.41. The van der Waals surface area contributed by atoms with Crippen molar-refractivity contribution in [3.05, 3.63) is 65.0 Å². The molecule has 1 atom stereocenters. The molecule has 0 amide bonds. The van der Waals surface area contributed by atoms with Crippen LogP contribution in [0.3, 0.4) is 0 Å². The van der Waals surface area contributed by atoms with Crippen molar-refractivity contribution in [2.24, 2.45) is 5.92 Å². The van der Waals surface area contributed by atoms with Crippen LogP contribution in [0.1, 0.15) is 53.5 Å². The second kappa shape index (κ2) is 10.8. The van der Waals surface area contributed by atoms with E-state index >= 15 is 0 Å². The predicted molar refractivity (Wildman–Crippen MR) is 140 cm³/mol. The second-order valence-corrected chi connectivity index (χ2v) is 10.1. The summed E-state index contributed by atoms with van der Waals surface area (Å²) in [6, 6.07) is 6.98. The Hall–Kier alpha value is -4.36. The molecule has 2 N–H and O–H groups in total. The number of aromatic nitrogens is 4. The monoisotopic (exact) mass is 593 g/mol. The van der Waals surface area contributed by atoms with Crippen LogP contribution in [0.5, 0.6) is 5.75 Å². The lowest BCUT2D eigenvalue weighted by Crippen LogP contribution is -2.31. The second-order valence-electron chi connectivity index (χ2n) is 10.1. The average Bonchev–Trinajstić information content (AvgIpc) is 3.24. The smallest absolute Gasteiger partial charge is 0.416 e. The number of carboxylic acids is 1. The molecule has 2 aromatic heterocycles. The lowest BCUT2D eigenvalue weighted by atomic mass is 9.80. The van der Waals surface area contributed by atoms with E-state index in [9.17, 15) is 36.2 Å². The van der Waals surface area contributed by atoms with Crippen LogP contribution in [0, 0.1) is 5.92 Å². The molecule has 1 saturated carbocycles. The fourth-order valence-corrected chi connectivity index (χ4v) is 4.91. The van der Waals surface area contributed by atoms with Gasteiger partial charge in [-0.05, 0) is 61.6 Å². The number of carbonyl (C=O) groups is 1. The van der Waals surface area contributed by atoms with E-state index < -0.39 is 35.3 Å². The number of imidazole rings is 1. The van der Waals surface area contributed by atoms with Crippen molar-refractivity contribution in [3.8, 4) is 17.1 Å².